The maximum atomic E-state index is 12.8. The molecule has 1 saturated carbocycles. The zero-order valence-corrected chi connectivity index (χ0v) is 12.4. The molecule has 2 N–H and O–H groups in total. The molecule has 0 bridgehead atoms. The van der Waals surface area contributed by atoms with Crippen molar-refractivity contribution in [2.24, 2.45) is 0 Å². The summed E-state index contributed by atoms with van der Waals surface area (Å²) in [7, 11) is -3.14. The summed E-state index contributed by atoms with van der Waals surface area (Å²) >= 11 is 0. The molecule has 1 aliphatic rings. The summed E-state index contributed by atoms with van der Waals surface area (Å²) in [5.41, 5.74) is 1.16. The van der Waals surface area contributed by atoms with Crippen molar-refractivity contribution in [3.05, 3.63) is 35.6 Å². The number of benzene rings is 1. The molecule has 1 aliphatic carbocycles. The van der Waals surface area contributed by atoms with Gasteiger partial charge in [0.05, 0.1) is 5.75 Å². The third-order valence-electron chi connectivity index (χ3n) is 3.65. The first-order valence-corrected chi connectivity index (χ1v) is 8.61. The highest BCUT2D eigenvalue weighted by molar-refractivity contribution is 7.89. The van der Waals surface area contributed by atoms with E-state index in [0.29, 0.717) is 25.0 Å². The van der Waals surface area contributed by atoms with E-state index in [1.165, 1.54) is 12.1 Å². The molecule has 0 aromatic heterocycles. The Morgan fingerprint density at radius 2 is 1.90 bits per heavy atom. The lowest BCUT2D eigenvalue weighted by atomic mass is 9.76. The molecule has 0 spiro atoms. The Labute approximate surface area is 119 Å². The standard InChI is InChI=1S/C14H21FN2O2S/c1-2-17-20(18,19)8-7-16-14-9-12(10-14)11-3-5-13(15)6-4-11/h3-6,12,14,16-17H,2,7-10H2,1H3. The Hall–Kier alpha value is -0.980. The van der Waals surface area contributed by atoms with Crippen LogP contribution in [0.2, 0.25) is 0 Å². The average molecular weight is 300 g/mol. The second-order valence-corrected chi connectivity index (χ2v) is 7.11. The van der Waals surface area contributed by atoms with Crippen LogP contribution >= 0.6 is 0 Å². The van der Waals surface area contributed by atoms with Crippen LogP contribution in [0, 0.1) is 5.82 Å². The predicted molar refractivity (Wildman–Crippen MR) is 77.6 cm³/mol. The van der Waals surface area contributed by atoms with Crippen LogP contribution in [0.1, 0.15) is 31.2 Å². The fourth-order valence-corrected chi connectivity index (χ4v) is 3.45. The topological polar surface area (TPSA) is 58.2 Å². The number of sulfonamides is 1. The van der Waals surface area contributed by atoms with E-state index in [2.05, 4.69) is 10.0 Å². The van der Waals surface area contributed by atoms with Gasteiger partial charge in [0.1, 0.15) is 5.82 Å². The first kappa shape index (κ1) is 15.4. The number of halogens is 1. The van der Waals surface area contributed by atoms with E-state index in [0.717, 1.165) is 18.4 Å². The lowest BCUT2D eigenvalue weighted by Gasteiger charge is -2.36. The molecule has 1 aromatic carbocycles. The van der Waals surface area contributed by atoms with E-state index in [-0.39, 0.29) is 11.6 Å². The van der Waals surface area contributed by atoms with Crippen molar-refractivity contribution in [1.82, 2.24) is 10.0 Å². The first-order valence-electron chi connectivity index (χ1n) is 6.96. The summed E-state index contributed by atoms with van der Waals surface area (Å²) in [5.74, 6) is 0.355. The van der Waals surface area contributed by atoms with E-state index in [1.54, 1.807) is 6.92 Å². The van der Waals surface area contributed by atoms with E-state index in [4.69, 9.17) is 0 Å². The molecule has 0 heterocycles. The molecule has 1 fully saturated rings. The zero-order valence-electron chi connectivity index (χ0n) is 11.6. The van der Waals surface area contributed by atoms with Crippen molar-refractivity contribution in [3.8, 4) is 0 Å². The molecule has 112 valence electrons. The van der Waals surface area contributed by atoms with E-state index in [1.807, 2.05) is 12.1 Å². The monoisotopic (exact) mass is 300 g/mol. The molecule has 0 unspecified atom stereocenters. The van der Waals surface area contributed by atoms with Gasteiger partial charge >= 0.3 is 0 Å². The van der Waals surface area contributed by atoms with Gasteiger partial charge in [0, 0.05) is 19.1 Å². The van der Waals surface area contributed by atoms with Crippen molar-refractivity contribution >= 4 is 10.0 Å². The molecule has 2 rings (SSSR count). The van der Waals surface area contributed by atoms with Crippen LogP contribution in [0.5, 0.6) is 0 Å². The van der Waals surface area contributed by atoms with Crippen LogP contribution in [-0.4, -0.2) is 33.3 Å². The molecular weight excluding hydrogens is 279 g/mol. The number of nitrogens with one attached hydrogen (secondary N) is 2. The fourth-order valence-electron chi connectivity index (χ4n) is 2.48. The Balaban J connectivity index is 1.68. The van der Waals surface area contributed by atoms with Crippen molar-refractivity contribution in [2.45, 2.75) is 31.7 Å². The molecule has 0 amide bonds. The third kappa shape index (κ3) is 4.26. The number of hydrogen-bond donors (Lipinski definition) is 2. The fraction of sp³-hybridized carbons (Fsp3) is 0.571. The molecule has 20 heavy (non-hydrogen) atoms. The Morgan fingerprint density at radius 3 is 2.50 bits per heavy atom. The third-order valence-corrected chi connectivity index (χ3v) is 5.12. The molecular formula is C14H21FN2O2S. The lowest BCUT2D eigenvalue weighted by molar-refractivity contribution is 0.296. The largest absolute Gasteiger partial charge is 0.313 e. The van der Waals surface area contributed by atoms with Gasteiger partial charge in [-0.2, -0.15) is 0 Å². The summed E-state index contributed by atoms with van der Waals surface area (Å²) in [6, 6.07) is 6.98. The van der Waals surface area contributed by atoms with E-state index < -0.39 is 10.0 Å². The van der Waals surface area contributed by atoms with Crippen LogP contribution in [0.25, 0.3) is 0 Å². The SMILES string of the molecule is CCNS(=O)(=O)CCNC1CC(c2ccc(F)cc2)C1. The number of rotatable bonds is 7. The van der Waals surface area contributed by atoms with Gasteiger partial charge in [-0.05, 0) is 36.5 Å². The Bertz CT molecular complexity index is 525. The van der Waals surface area contributed by atoms with E-state index in [9.17, 15) is 12.8 Å². The van der Waals surface area contributed by atoms with E-state index >= 15 is 0 Å². The molecule has 0 atom stereocenters. The van der Waals surface area contributed by atoms with Crippen LogP contribution in [0.4, 0.5) is 4.39 Å². The van der Waals surface area contributed by atoms with Gasteiger partial charge in [0.2, 0.25) is 10.0 Å². The van der Waals surface area contributed by atoms with Crippen LogP contribution in [0.3, 0.4) is 0 Å². The zero-order chi connectivity index (χ0) is 14.6. The average Bonchev–Trinajstić information content (AvgIpc) is 2.33. The highest BCUT2D eigenvalue weighted by Gasteiger charge is 2.29. The molecule has 0 saturated heterocycles. The van der Waals surface area contributed by atoms with Crippen molar-refractivity contribution in [2.75, 3.05) is 18.8 Å². The highest BCUT2D eigenvalue weighted by atomic mass is 32.2. The van der Waals surface area contributed by atoms with Crippen molar-refractivity contribution in [3.63, 3.8) is 0 Å². The van der Waals surface area contributed by atoms with Crippen LogP contribution in [-0.2, 0) is 10.0 Å². The molecule has 0 aliphatic heterocycles. The predicted octanol–water partition coefficient (Wildman–Crippen LogP) is 1.60. The van der Waals surface area contributed by atoms with Gasteiger partial charge < -0.3 is 5.32 Å². The summed E-state index contributed by atoms with van der Waals surface area (Å²) in [5, 5.41) is 3.25. The molecule has 4 nitrogen and oxygen atoms in total. The van der Waals surface area contributed by atoms with Gasteiger partial charge in [0.15, 0.2) is 0 Å². The van der Waals surface area contributed by atoms with Crippen LogP contribution < -0.4 is 10.0 Å². The minimum absolute atomic E-state index is 0.110. The Morgan fingerprint density at radius 1 is 1.25 bits per heavy atom. The van der Waals surface area contributed by atoms with Gasteiger partial charge in [-0.15, -0.1) is 0 Å². The highest BCUT2D eigenvalue weighted by Crippen LogP contribution is 2.36. The van der Waals surface area contributed by atoms with Crippen molar-refractivity contribution < 1.29 is 12.8 Å². The number of hydrogen-bond acceptors (Lipinski definition) is 3. The van der Waals surface area contributed by atoms with Gasteiger partial charge in [-0.3, -0.25) is 0 Å². The van der Waals surface area contributed by atoms with Gasteiger partial charge in [-0.1, -0.05) is 19.1 Å². The van der Waals surface area contributed by atoms with Gasteiger partial charge in [-0.25, -0.2) is 17.5 Å². The first-order chi connectivity index (χ1) is 9.50. The van der Waals surface area contributed by atoms with Crippen LogP contribution in [0.15, 0.2) is 24.3 Å². The minimum Gasteiger partial charge on any atom is -0.313 e. The van der Waals surface area contributed by atoms with Gasteiger partial charge in [0.25, 0.3) is 0 Å². The van der Waals surface area contributed by atoms with Crippen molar-refractivity contribution in [1.29, 1.82) is 0 Å². The Kier molecular flexibility index (Phi) is 5.12. The second kappa shape index (κ2) is 6.65. The smallest absolute Gasteiger partial charge is 0.212 e. The summed E-state index contributed by atoms with van der Waals surface area (Å²) < 4.78 is 38.2. The second-order valence-electron chi connectivity index (χ2n) is 5.19. The normalized spacial score (nSPS) is 22.5. The lowest BCUT2D eigenvalue weighted by Crippen LogP contribution is -2.43. The molecule has 0 radical (unpaired) electrons. The molecule has 6 heteroatoms. The quantitative estimate of drug-likeness (QED) is 0.804. The summed E-state index contributed by atoms with van der Waals surface area (Å²) in [6.45, 7) is 2.67. The summed E-state index contributed by atoms with van der Waals surface area (Å²) in [4.78, 5) is 0. The minimum atomic E-state index is -3.14. The maximum absolute atomic E-state index is 12.8. The summed E-state index contributed by atoms with van der Waals surface area (Å²) in [6.07, 6.45) is 1.96. The maximum Gasteiger partial charge on any atom is 0.212 e. The molecule has 1 aromatic rings.